The molecule has 0 aliphatic heterocycles. The van der Waals surface area contributed by atoms with Crippen LogP contribution in [0.2, 0.25) is 0 Å². The Morgan fingerprint density at radius 2 is 2.00 bits per heavy atom. The van der Waals surface area contributed by atoms with Crippen molar-refractivity contribution < 1.29 is 14.6 Å². The molecule has 4 atom stereocenters. The standard InChI is InChI=1S/C14H26O3/c1-9(2)12-6-5-10(3)7-13(12)14(16)17-8-11(4)15/h9-13,15H,5-8H2,1-4H3. The van der Waals surface area contributed by atoms with Crippen LogP contribution in [0.4, 0.5) is 0 Å². The second-order valence-electron chi connectivity index (χ2n) is 5.91. The van der Waals surface area contributed by atoms with Crippen molar-refractivity contribution in [3.8, 4) is 0 Å². The number of hydrogen-bond donors (Lipinski definition) is 1. The molecule has 0 spiro atoms. The number of carbonyl (C=O) groups excluding carboxylic acids is 1. The van der Waals surface area contributed by atoms with Gasteiger partial charge in [0.25, 0.3) is 0 Å². The van der Waals surface area contributed by atoms with Crippen molar-refractivity contribution in [3.63, 3.8) is 0 Å². The first-order valence-electron chi connectivity index (χ1n) is 6.76. The average Bonchev–Trinajstić information content (AvgIpc) is 2.25. The first kappa shape index (κ1) is 14.5. The van der Waals surface area contributed by atoms with Gasteiger partial charge in [0.2, 0.25) is 0 Å². The van der Waals surface area contributed by atoms with Gasteiger partial charge in [-0.1, -0.05) is 27.2 Å². The van der Waals surface area contributed by atoms with Crippen LogP contribution in [0.5, 0.6) is 0 Å². The summed E-state index contributed by atoms with van der Waals surface area (Å²) in [6.45, 7) is 8.31. The lowest BCUT2D eigenvalue weighted by Crippen LogP contribution is -2.35. The van der Waals surface area contributed by atoms with Crippen molar-refractivity contribution in [2.75, 3.05) is 6.61 Å². The fourth-order valence-corrected chi connectivity index (χ4v) is 2.78. The van der Waals surface area contributed by atoms with E-state index < -0.39 is 6.10 Å². The van der Waals surface area contributed by atoms with Crippen LogP contribution in [0.1, 0.15) is 47.0 Å². The molecule has 100 valence electrons. The van der Waals surface area contributed by atoms with E-state index >= 15 is 0 Å². The minimum atomic E-state index is -0.572. The maximum Gasteiger partial charge on any atom is 0.309 e. The van der Waals surface area contributed by atoms with Gasteiger partial charge in [0, 0.05) is 0 Å². The zero-order valence-electron chi connectivity index (χ0n) is 11.5. The minimum absolute atomic E-state index is 0.0255. The quantitative estimate of drug-likeness (QED) is 0.771. The van der Waals surface area contributed by atoms with Crippen LogP contribution in [-0.4, -0.2) is 23.8 Å². The highest BCUT2D eigenvalue weighted by Crippen LogP contribution is 2.38. The van der Waals surface area contributed by atoms with E-state index in [4.69, 9.17) is 9.84 Å². The molecule has 1 fully saturated rings. The average molecular weight is 242 g/mol. The summed E-state index contributed by atoms with van der Waals surface area (Å²) >= 11 is 0. The van der Waals surface area contributed by atoms with Crippen LogP contribution in [0, 0.1) is 23.7 Å². The molecule has 1 saturated carbocycles. The van der Waals surface area contributed by atoms with Gasteiger partial charge in [-0.3, -0.25) is 4.79 Å². The molecule has 0 bridgehead atoms. The summed E-state index contributed by atoms with van der Waals surface area (Å²) < 4.78 is 5.18. The Bertz CT molecular complexity index is 248. The van der Waals surface area contributed by atoms with Gasteiger partial charge < -0.3 is 9.84 Å². The second-order valence-corrected chi connectivity index (χ2v) is 5.91. The van der Waals surface area contributed by atoms with Crippen LogP contribution in [0.3, 0.4) is 0 Å². The van der Waals surface area contributed by atoms with Crippen molar-refractivity contribution in [1.82, 2.24) is 0 Å². The van der Waals surface area contributed by atoms with Crippen LogP contribution in [0.25, 0.3) is 0 Å². The van der Waals surface area contributed by atoms with Crippen LogP contribution in [0.15, 0.2) is 0 Å². The highest BCUT2D eigenvalue weighted by Gasteiger charge is 2.36. The van der Waals surface area contributed by atoms with Crippen molar-refractivity contribution >= 4 is 5.97 Å². The summed E-state index contributed by atoms with van der Waals surface area (Å²) in [7, 11) is 0. The summed E-state index contributed by atoms with van der Waals surface area (Å²) in [6.07, 6.45) is 2.69. The highest BCUT2D eigenvalue weighted by molar-refractivity contribution is 5.73. The largest absolute Gasteiger partial charge is 0.463 e. The number of esters is 1. The zero-order valence-corrected chi connectivity index (χ0v) is 11.5. The summed E-state index contributed by atoms with van der Waals surface area (Å²) in [6, 6.07) is 0. The molecule has 4 unspecified atom stereocenters. The molecular weight excluding hydrogens is 216 g/mol. The molecular formula is C14H26O3. The molecule has 0 saturated heterocycles. The van der Waals surface area contributed by atoms with E-state index in [1.807, 2.05) is 0 Å². The molecule has 1 rings (SSSR count). The molecule has 17 heavy (non-hydrogen) atoms. The number of rotatable bonds is 4. The Morgan fingerprint density at radius 3 is 2.53 bits per heavy atom. The lowest BCUT2D eigenvalue weighted by molar-refractivity contribution is -0.156. The van der Waals surface area contributed by atoms with E-state index in [1.165, 1.54) is 6.42 Å². The third kappa shape index (κ3) is 4.30. The lowest BCUT2D eigenvalue weighted by atomic mass is 9.70. The first-order chi connectivity index (χ1) is 7.91. The molecule has 0 aromatic heterocycles. The maximum atomic E-state index is 12.0. The van der Waals surface area contributed by atoms with Crippen LogP contribution < -0.4 is 0 Å². The number of aliphatic hydroxyl groups is 1. The second kappa shape index (κ2) is 6.39. The Morgan fingerprint density at radius 1 is 1.35 bits per heavy atom. The number of hydrogen-bond acceptors (Lipinski definition) is 3. The fraction of sp³-hybridized carbons (Fsp3) is 0.929. The van der Waals surface area contributed by atoms with Gasteiger partial charge in [0.1, 0.15) is 6.61 Å². The monoisotopic (exact) mass is 242 g/mol. The molecule has 1 N–H and O–H groups in total. The summed E-state index contributed by atoms with van der Waals surface area (Å²) in [4.78, 5) is 12.0. The SMILES string of the molecule is CC(O)COC(=O)C1CC(C)CCC1C(C)C. The van der Waals surface area contributed by atoms with E-state index in [-0.39, 0.29) is 18.5 Å². The molecule has 3 heteroatoms. The number of ether oxygens (including phenoxy) is 1. The highest BCUT2D eigenvalue weighted by atomic mass is 16.5. The number of aliphatic hydroxyl groups excluding tert-OH is 1. The van der Waals surface area contributed by atoms with E-state index in [2.05, 4.69) is 20.8 Å². The number of carbonyl (C=O) groups is 1. The fourth-order valence-electron chi connectivity index (χ4n) is 2.78. The first-order valence-corrected chi connectivity index (χ1v) is 6.76. The third-order valence-electron chi connectivity index (χ3n) is 3.79. The van der Waals surface area contributed by atoms with Crippen molar-refractivity contribution in [2.24, 2.45) is 23.7 Å². The molecule has 1 aliphatic carbocycles. The van der Waals surface area contributed by atoms with E-state index in [0.717, 1.165) is 12.8 Å². The predicted molar refractivity (Wildman–Crippen MR) is 67.5 cm³/mol. The van der Waals surface area contributed by atoms with Crippen molar-refractivity contribution in [3.05, 3.63) is 0 Å². The third-order valence-corrected chi connectivity index (χ3v) is 3.79. The van der Waals surface area contributed by atoms with Crippen molar-refractivity contribution in [2.45, 2.75) is 53.1 Å². The molecule has 0 amide bonds. The van der Waals surface area contributed by atoms with Gasteiger partial charge >= 0.3 is 5.97 Å². The molecule has 1 aliphatic rings. The maximum absolute atomic E-state index is 12.0. The van der Waals surface area contributed by atoms with Gasteiger partial charge in [-0.25, -0.2) is 0 Å². The molecule has 0 radical (unpaired) electrons. The molecule has 3 nitrogen and oxygen atoms in total. The van der Waals surface area contributed by atoms with Crippen LogP contribution in [-0.2, 0) is 9.53 Å². The Balaban J connectivity index is 2.59. The van der Waals surface area contributed by atoms with E-state index in [0.29, 0.717) is 17.8 Å². The topological polar surface area (TPSA) is 46.5 Å². The molecule has 0 heterocycles. The molecule has 0 aromatic rings. The van der Waals surface area contributed by atoms with E-state index in [9.17, 15) is 4.79 Å². The Kier molecular flexibility index (Phi) is 5.44. The van der Waals surface area contributed by atoms with E-state index in [1.54, 1.807) is 6.92 Å². The van der Waals surface area contributed by atoms with Gasteiger partial charge in [0.05, 0.1) is 12.0 Å². The van der Waals surface area contributed by atoms with Gasteiger partial charge in [-0.05, 0) is 37.5 Å². The normalized spacial score (nSPS) is 31.3. The van der Waals surface area contributed by atoms with Gasteiger partial charge in [-0.15, -0.1) is 0 Å². The smallest absolute Gasteiger partial charge is 0.309 e. The Hall–Kier alpha value is -0.570. The van der Waals surface area contributed by atoms with Gasteiger partial charge in [0.15, 0.2) is 0 Å². The zero-order chi connectivity index (χ0) is 13.0. The lowest BCUT2D eigenvalue weighted by Gasteiger charge is -2.35. The molecule has 0 aromatic carbocycles. The van der Waals surface area contributed by atoms with Gasteiger partial charge in [-0.2, -0.15) is 0 Å². The van der Waals surface area contributed by atoms with Crippen LogP contribution >= 0.6 is 0 Å². The Labute approximate surface area is 105 Å². The minimum Gasteiger partial charge on any atom is -0.463 e. The summed E-state index contributed by atoms with van der Waals surface area (Å²) in [5.74, 6) is 1.47. The summed E-state index contributed by atoms with van der Waals surface area (Å²) in [5.41, 5.74) is 0. The summed E-state index contributed by atoms with van der Waals surface area (Å²) in [5, 5.41) is 9.15. The van der Waals surface area contributed by atoms with Crippen molar-refractivity contribution in [1.29, 1.82) is 0 Å². The predicted octanol–water partition coefficient (Wildman–Crippen LogP) is 2.62.